The number of aliphatic imine (C=N–C) groups is 2. The van der Waals surface area contributed by atoms with Crippen LogP contribution >= 0.6 is 0 Å². The molecule has 63 heavy (non-hydrogen) atoms. The van der Waals surface area contributed by atoms with Crippen LogP contribution in [0.2, 0.25) is 0 Å². The number of nitrogens with zero attached hydrogens (tertiary/aromatic N) is 2. The fourth-order valence-electron chi connectivity index (χ4n) is 5.51. The van der Waals surface area contributed by atoms with Crippen LogP contribution in [0, 0.1) is 0 Å². The van der Waals surface area contributed by atoms with Gasteiger partial charge in [0, 0.05) is 55.4 Å². The number of esters is 8. The van der Waals surface area contributed by atoms with Gasteiger partial charge in [-0.2, -0.15) is 0 Å². The van der Waals surface area contributed by atoms with Crippen molar-refractivity contribution in [3.8, 4) is 0 Å². The number of hydrogen-bond donors (Lipinski definition) is 0. The zero-order chi connectivity index (χ0) is 47.1. The van der Waals surface area contributed by atoms with Gasteiger partial charge >= 0.3 is 75.4 Å². The molecular formula is C38H56HgN2O20S2. The summed E-state index contributed by atoms with van der Waals surface area (Å²) in [6, 6.07) is 0. The maximum Gasteiger partial charge on any atom is 2.00 e. The maximum atomic E-state index is 11.7. The molecule has 10 atom stereocenters. The van der Waals surface area contributed by atoms with Crippen molar-refractivity contribution in [1.29, 1.82) is 0 Å². The normalized spacial score (nSPS) is 25.4. The van der Waals surface area contributed by atoms with Crippen molar-refractivity contribution in [2.45, 2.75) is 156 Å². The molecule has 0 amide bonds. The van der Waals surface area contributed by atoms with E-state index in [-0.39, 0.29) is 51.3 Å². The minimum Gasteiger partial charge on any atom is -0.722 e. The van der Waals surface area contributed by atoms with Gasteiger partial charge in [-0.3, -0.25) is 38.4 Å². The summed E-state index contributed by atoms with van der Waals surface area (Å²) in [5, 5.41) is -0.316. The van der Waals surface area contributed by atoms with E-state index in [1.807, 2.05) is 13.8 Å². The maximum absolute atomic E-state index is 11.7. The Labute approximate surface area is 397 Å². The van der Waals surface area contributed by atoms with Crippen LogP contribution in [0.15, 0.2) is 9.98 Å². The van der Waals surface area contributed by atoms with Gasteiger partial charge in [-0.05, 0) is 12.8 Å². The molecule has 0 bridgehead atoms. The zero-order valence-corrected chi connectivity index (χ0v) is 44.1. The first-order valence-electron chi connectivity index (χ1n) is 19.5. The second-order valence-corrected chi connectivity index (χ2v) is 14.1. The van der Waals surface area contributed by atoms with E-state index in [0.29, 0.717) is 13.2 Å². The molecule has 22 nitrogen and oxygen atoms in total. The Morgan fingerprint density at radius 1 is 0.429 bits per heavy atom. The van der Waals surface area contributed by atoms with E-state index < -0.39 is 109 Å². The summed E-state index contributed by atoms with van der Waals surface area (Å²) >= 11 is 10.2. The van der Waals surface area contributed by atoms with E-state index in [2.05, 4.69) is 9.98 Å². The Morgan fingerprint density at radius 2 is 0.698 bits per heavy atom. The number of rotatable bonds is 18. The van der Waals surface area contributed by atoms with Gasteiger partial charge in [0.1, 0.15) is 25.4 Å². The Morgan fingerprint density at radius 3 is 0.952 bits per heavy atom. The SMILES string of the molecule is CCCCOC([S-])=N[C@@H]1O[C@H](COC(C)=O)[C@@H](OC(C)=O)[C@H](OC(C)=O)[C@H]1OC(C)=O.CCCCOC([S-])=N[C@@H]1O[C@H](COC(C)=O)[C@@H](OC(C)=O)[C@H](OC(C)=O)[C@H]1OC(C)=O.[Hg+2]. The average molecular weight is 1130 g/mol. The van der Waals surface area contributed by atoms with Gasteiger partial charge in [-0.1, -0.05) is 26.7 Å². The molecule has 0 radical (unpaired) electrons. The number of carbonyl (C=O) groups is 8. The molecule has 0 aliphatic carbocycles. The molecule has 0 N–H and O–H groups in total. The van der Waals surface area contributed by atoms with E-state index in [0.717, 1.165) is 67.2 Å². The van der Waals surface area contributed by atoms with Crippen molar-refractivity contribution >= 4 is 83.5 Å². The number of ether oxygens (including phenoxy) is 12. The summed E-state index contributed by atoms with van der Waals surface area (Å²) < 4.78 is 64.0. The topological polar surface area (TPSA) is 272 Å². The molecule has 0 unspecified atom stereocenters. The van der Waals surface area contributed by atoms with Crippen LogP contribution < -0.4 is 0 Å². The fourth-order valence-corrected chi connectivity index (χ4v) is 5.88. The van der Waals surface area contributed by atoms with Gasteiger partial charge < -0.3 is 82.1 Å². The molecule has 2 aliphatic rings. The molecule has 2 fully saturated rings. The van der Waals surface area contributed by atoms with Gasteiger partial charge in [0.15, 0.2) is 49.1 Å². The number of hydrogen-bond acceptors (Lipinski definition) is 24. The third-order valence-corrected chi connectivity index (χ3v) is 8.29. The summed E-state index contributed by atoms with van der Waals surface area (Å²) in [4.78, 5) is 101. The standard InChI is InChI=1S/2C19H29NO10S.Hg/c2*1-6-7-8-25-19(31)20-18-17(29-13(5)24)16(28-12(4)23)15(27-11(3)22)14(30-18)9-26-10(2)21;/h2*14-18H,6-9H2,1-5H3,(H,20,31);/q;;+2/p-2/t2*14-,15-,16+,17-,18-;/m11./s1. The minimum absolute atomic E-state index is 0. The predicted molar refractivity (Wildman–Crippen MR) is 215 cm³/mol. The monoisotopic (exact) mass is 1130 g/mol. The third kappa shape index (κ3) is 23.5. The molecule has 2 saturated heterocycles. The molecule has 25 heteroatoms. The second-order valence-electron chi connectivity index (χ2n) is 13.4. The molecular weight excluding hydrogens is 1070 g/mol. The molecule has 0 aromatic heterocycles. The first-order valence-corrected chi connectivity index (χ1v) is 20.3. The molecule has 2 rings (SSSR count). The van der Waals surface area contributed by atoms with Gasteiger partial charge in [0.2, 0.25) is 0 Å². The van der Waals surface area contributed by atoms with E-state index in [1.165, 1.54) is 13.8 Å². The fraction of sp³-hybridized carbons (Fsp3) is 0.737. The largest absolute Gasteiger partial charge is 2.00 e. The Bertz CT molecular complexity index is 1490. The van der Waals surface area contributed by atoms with Gasteiger partial charge in [0.05, 0.1) is 23.7 Å². The van der Waals surface area contributed by atoms with Crippen molar-refractivity contribution in [2.24, 2.45) is 9.98 Å². The minimum atomic E-state index is -1.30. The van der Waals surface area contributed by atoms with Crippen molar-refractivity contribution in [3.63, 3.8) is 0 Å². The van der Waals surface area contributed by atoms with Gasteiger partial charge in [-0.15, -0.1) is 0 Å². The first-order chi connectivity index (χ1) is 29.1. The van der Waals surface area contributed by atoms with Crippen LogP contribution in [0.1, 0.15) is 94.9 Å². The van der Waals surface area contributed by atoms with Crippen molar-refractivity contribution in [3.05, 3.63) is 0 Å². The number of unbranched alkanes of at least 4 members (excludes halogenated alkanes) is 2. The van der Waals surface area contributed by atoms with E-state index in [9.17, 15) is 38.4 Å². The van der Waals surface area contributed by atoms with Crippen LogP contribution in [-0.2, 0) is 148 Å². The summed E-state index contributed by atoms with van der Waals surface area (Å²) in [7, 11) is 0. The molecule has 352 valence electrons. The predicted octanol–water partition coefficient (Wildman–Crippen LogP) is 1.58. The molecule has 0 aromatic carbocycles. The summed E-state index contributed by atoms with van der Waals surface area (Å²) in [6.45, 7) is 13.1. The summed E-state index contributed by atoms with van der Waals surface area (Å²) in [5.41, 5.74) is 0. The number of carbonyl (C=O) groups excluding carboxylic acids is 8. The average Bonchev–Trinajstić information content (AvgIpc) is 3.14. The van der Waals surface area contributed by atoms with E-state index >= 15 is 0 Å². The van der Waals surface area contributed by atoms with Crippen molar-refractivity contribution in [1.82, 2.24) is 0 Å². The molecule has 2 heterocycles. The molecule has 2 aliphatic heterocycles. The van der Waals surface area contributed by atoms with E-state index in [1.54, 1.807) is 0 Å². The molecule has 0 spiro atoms. The Hall–Kier alpha value is -4.00. The first kappa shape index (κ1) is 59.0. The third-order valence-electron chi connectivity index (χ3n) is 7.84. The van der Waals surface area contributed by atoms with Crippen LogP contribution in [0.5, 0.6) is 0 Å². The van der Waals surface area contributed by atoms with Crippen molar-refractivity contribution in [2.75, 3.05) is 26.4 Å². The Kier molecular flexibility index (Phi) is 29.0. The van der Waals surface area contributed by atoms with Crippen LogP contribution in [0.25, 0.3) is 0 Å². The van der Waals surface area contributed by atoms with Crippen LogP contribution in [0.4, 0.5) is 0 Å². The Balaban J connectivity index is 0.00000120. The summed E-state index contributed by atoms with van der Waals surface area (Å²) in [5.74, 6) is -5.54. The summed E-state index contributed by atoms with van der Waals surface area (Å²) in [6.07, 6.45) is -9.15. The molecule has 0 aromatic rings. The smallest absolute Gasteiger partial charge is 0.722 e. The molecule has 0 saturated carbocycles. The van der Waals surface area contributed by atoms with Gasteiger partial charge in [-0.25, -0.2) is 9.98 Å². The van der Waals surface area contributed by atoms with E-state index in [4.69, 9.17) is 82.1 Å². The second kappa shape index (κ2) is 31.0. The van der Waals surface area contributed by atoms with Crippen LogP contribution in [0.3, 0.4) is 0 Å². The zero-order valence-electron chi connectivity index (χ0n) is 37.0. The van der Waals surface area contributed by atoms with Crippen LogP contribution in [-0.4, -0.2) is 146 Å². The van der Waals surface area contributed by atoms with Crippen molar-refractivity contribution < 1.29 is 123 Å². The quantitative estimate of drug-likeness (QED) is 0.0358. The van der Waals surface area contributed by atoms with Gasteiger partial charge in [0.25, 0.3) is 0 Å².